The Morgan fingerprint density at radius 2 is 2.06 bits per heavy atom. The first-order chi connectivity index (χ1) is 7.75. The third-order valence-corrected chi connectivity index (χ3v) is 3.40. The van der Waals surface area contributed by atoms with E-state index >= 15 is 0 Å². The molecule has 2 nitrogen and oxygen atoms in total. The lowest BCUT2D eigenvalue weighted by Crippen LogP contribution is -2.43. The highest BCUT2D eigenvalue weighted by Gasteiger charge is 2.15. The molecular weight excluding hydrogens is 255 g/mol. The van der Waals surface area contributed by atoms with Crippen molar-refractivity contribution >= 4 is 24.0 Å². The first-order valence-electron chi connectivity index (χ1n) is 5.98. The van der Waals surface area contributed by atoms with Crippen LogP contribution in [-0.4, -0.2) is 19.1 Å². The summed E-state index contributed by atoms with van der Waals surface area (Å²) < 4.78 is 0. The van der Waals surface area contributed by atoms with Gasteiger partial charge in [0.05, 0.1) is 0 Å². The van der Waals surface area contributed by atoms with E-state index in [1.807, 2.05) is 12.1 Å². The fourth-order valence-corrected chi connectivity index (χ4v) is 2.32. The average Bonchev–Trinajstić information content (AvgIpc) is 2.31. The summed E-state index contributed by atoms with van der Waals surface area (Å²) >= 11 is 5.88. The van der Waals surface area contributed by atoms with Crippen LogP contribution in [0.4, 0.5) is 0 Å². The Morgan fingerprint density at radius 1 is 1.35 bits per heavy atom. The SMILES string of the molecule is C[C@@H](NC1CCCNC1)c1ccc(Cl)cc1.Cl. The Kier molecular flexibility index (Phi) is 6.28. The summed E-state index contributed by atoms with van der Waals surface area (Å²) in [6, 6.07) is 9.08. The van der Waals surface area contributed by atoms with Crippen LogP contribution < -0.4 is 10.6 Å². The van der Waals surface area contributed by atoms with E-state index in [2.05, 4.69) is 29.7 Å². The molecule has 1 fully saturated rings. The molecule has 0 amide bonds. The third kappa shape index (κ3) is 4.47. The molecule has 1 aromatic rings. The van der Waals surface area contributed by atoms with E-state index in [1.54, 1.807) is 0 Å². The van der Waals surface area contributed by atoms with E-state index in [0.29, 0.717) is 12.1 Å². The number of nitrogens with one attached hydrogen (secondary N) is 2. The highest BCUT2D eigenvalue weighted by Crippen LogP contribution is 2.17. The molecule has 0 bridgehead atoms. The monoisotopic (exact) mass is 274 g/mol. The van der Waals surface area contributed by atoms with Gasteiger partial charge in [-0.1, -0.05) is 23.7 Å². The van der Waals surface area contributed by atoms with Crippen LogP contribution in [0.3, 0.4) is 0 Å². The van der Waals surface area contributed by atoms with E-state index in [9.17, 15) is 0 Å². The minimum atomic E-state index is 0. The second-order valence-electron chi connectivity index (χ2n) is 4.48. The fourth-order valence-electron chi connectivity index (χ4n) is 2.20. The van der Waals surface area contributed by atoms with Crippen LogP contribution >= 0.6 is 24.0 Å². The van der Waals surface area contributed by atoms with E-state index in [0.717, 1.165) is 18.1 Å². The molecule has 1 aliphatic rings. The predicted octanol–water partition coefficient (Wildman–Crippen LogP) is 3.16. The molecule has 1 heterocycles. The summed E-state index contributed by atoms with van der Waals surface area (Å²) in [5.74, 6) is 0. The standard InChI is InChI=1S/C13H19ClN2.ClH/c1-10(11-4-6-12(14)7-5-11)16-13-3-2-8-15-9-13;/h4-7,10,13,15-16H,2-3,8-9H2,1H3;1H/t10-,13?;/m1./s1. The lowest BCUT2D eigenvalue weighted by molar-refractivity contribution is 0.362. The van der Waals surface area contributed by atoms with Gasteiger partial charge in [-0.3, -0.25) is 0 Å². The van der Waals surface area contributed by atoms with Crippen molar-refractivity contribution in [3.8, 4) is 0 Å². The maximum absolute atomic E-state index is 5.88. The molecular formula is C13H20Cl2N2. The largest absolute Gasteiger partial charge is 0.315 e. The Hall–Kier alpha value is -0.280. The Balaban J connectivity index is 0.00000144. The summed E-state index contributed by atoms with van der Waals surface area (Å²) in [6.45, 7) is 4.45. The predicted molar refractivity (Wildman–Crippen MR) is 76.1 cm³/mol. The fraction of sp³-hybridized carbons (Fsp3) is 0.538. The van der Waals surface area contributed by atoms with Crippen molar-refractivity contribution in [3.05, 3.63) is 34.9 Å². The molecule has 0 saturated carbocycles. The first-order valence-corrected chi connectivity index (χ1v) is 6.36. The second kappa shape index (κ2) is 7.22. The van der Waals surface area contributed by atoms with Gasteiger partial charge < -0.3 is 10.6 Å². The van der Waals surface area contributed by atoms with Gasteiger partial charge in [0.2, 0.25) is 0 Å². The molecule has 1 aliphatic heterocycles. The minimum Gasteiger partial charge on any atom is -0.315 e. The molecule has 2 rings (SSSR count). The zero-order valence-corrected chi connectivity index (χ0v) is 11.7. The van der Waals surface area contributed by atoms with Gasteiger partial charge in [0.1, 0.15) is 0 Å². The highest BCUT2D eigenvalue weighted by atomic mass is 35.5. The maximum atomic E-state index is 5.88. The summed E-state index contributed by atoms with van der Waals surface area (Å²) in [5, 5.41) is 7.87. The topological polar surface area (TPSA) is 24.1 Å². The Morgan fingerprint density at radius 3 is 2.65 bits per heavy atom. The molecule has 1 aromatic carbocycles. The number of hydrogen-bond donors (Lipinski definition) is 2. The van der Waals surface area contributed by atoms with Crippen molar-refractivity contribution in [3.63, 3.8) is 0 Å². The van der Waals surface area contributed by atoms with Crippen molar-refractivity contribution in [2.45, 2.75) is 31.8 Å². The molecule has 17 heavy (non-hydrogen) atoms. The van der Waals surface area contributed by atoms with Crippen molar-refractivity contribution < 1.29 is 0 Å². The third-order valence-electron chi connectivity index (χ3n) is 3.15. The second-order valence-corrected chi connectivity index (χ2v) is 4.92. The zero-order valence-electron chi connectivity index (χ0n) is 10.1. The molecule has 0 spiro atoms. The van der Waals surface area contributed by atoms with Crippen molar-refractivity contribution in [1.29, 1.82) is 0 Å². The van der Waals surface area contributed by atoms with Gasteiger partial charge in [-0.05, 0) is 44.0 Å². The van der Waals surface area contributed by atoms with E-state index in [1.165, 1.54) is 18.4 Å². The number of piperidine rings is 1. The molecule has 1 unspecified atom stereocenters. The highest BCUT2D eigenvalue weighted by molar-refractivity contribution is 6.30. The van der Waals surface area contributed by atoms with Crippen molar-refractivity contribution in [1.82, 2.24) is 10.6 Å². The van der Waals surface area contributed by atoms with Gasteiger partial charge in [-0.2, -0.15) is 0 Å². The molecule has 2 atom stereocenters. The van der Waals surface area contributed by atoms with Gasteiger partial charge in [0.15, 0.2) is 0 Å². The van der Waals surface area contributed by atoms with Crippen LogP contribution in [0.2, 0.25) is 5.02 Å². The number of rotatable bonds is 3. The van der Waals surface area contributed by atoms with Crippen LogP contribution in [0, 0.1) is 0 Å². The van der Waals surface area contributed by atoms with Crippen LogP contribution in [0.25, 0.3) is 0 Å². The van der Waals surface area contributed by atoms with Gasteiger partial charge in [-0.25, -0.2) is 0 Å². The summed E-state index contributed by atoms with van der Waals surface area (Å²) in [6.07, 6.45) is 2.54. The van der Waals surface area contributed by atoms with Gasteiger partial charge in [0.25, 0.3) is 0 Å². The van der Waals surface area contributed by atoms with Crippen LogP contribution in [-0.2, 0) is 0 Å². The van der Waals surface area contributed by atoms with E-state index in [-0.39, 0.29) is 12.4 Å². The molecule has 0 radical (unpaired) electrons. The molecule has 96 valence electrons. The smallest absolute Gasteiger partial charge is 0.0406 e. The van der Waals surface area contributed by atoms with Crippen LogP contribution in [0.5, 0.6) is 0 Å². The molecule has 2 N–H and O–H groups in total. The molecule has 4 heteroatoms. The molecule has 0 aromatic heterocycles. The lowest BCUT2D eigenvalue weighted by atomic mass is 10.0. The molecule has 1 saturated heterocycles. The summed E-state index contributed by atoms with van der Waals surface area (Å²) in [4.78, 5) is 0. The Labute approximate surface area is 115 Å². The van der Waals surface area contributed by atoms with Gasteiger partial charge in [-0.15, -0.1) is 12.4 Å². The first kappa shape index (κ1) is 14.8. The zero-order chi connectivity index (χ0) is 11.4. The lowest BCUT2D eigenvalue weighted by Gasteiger charge is -2.27. The van der Waals surface area contributed by atoms with Gasteiger partial charge >= 0.3 is 0 Å². The Bertz CT molecular complexity index is 321. The van der Waals surface area contributed by atoms with Gasteiger partial charge in [0, 0.05) is 23.7 Å². The number of benzene rings is 1. The van der Waals surface area contributed by atoms with Crippen molar-refractivity contribution in [2.75, 3.05) is 13.1 Å². The number of halogens is 2. The average molecular weight is 275 g/mol. The van der Waals surface area contributed by atoms with Crippen LogP contribution in [0.15, 0.2) is 24.3 Å². The van der Waals surface area contributed by atoms with Crippen molar-refractivity contribution in [2.24, 2.45) is 0 Å². The van der Waals surface area contributed by atoms with E-state index in [4.69, 9.17) is 11.6 Å². The summed E-state index contributed by atoms with van der Waals surface area (Å²) in [5.41, 5.74) is 1.30. The maximum Gasteiger partial charge on any atom is 0.0406 e. The normalized spacial score (nSPS) is 21.6. The summed E-state index contributed by atoms with van der Waals surface area (Å²) in [7, 11) is 0. The van der Waals surface area contributed by atoms with Crippen LogP contribution in [0.1, 0.15) is 31.4 Å². The van der Waals surface area contributed by atoms with E-state index < -0.39 is 0 Å². The quantitative estimate of drug-likeness (QED) is 0.885. The number of hydrogen-bond acceptors (Lipinski definition) is 2. The minimum absolute atomic E-state index is 0. The molecule has 0 aliphatic carbocycles.